The molecule has 32 heavy (non-hydrogen) atoms. The van der Waals surface area contributed by atoms with Gasteiger partial charge in [0.05, 0.1) is 6.54 Å². The maximum absolute atomic E-state index is 13.5. The van der Waals surface area contributed by atoms with E-state index in [4.69, 9.17) is 0 Å². The quantitative estimate of drug-likeness (QED) is 0.546. The Morgan fingerprint density at radius 3 is 2.56 bits per heavy atom. The van der Waals surface area contributed by atoms with Gasteiger partial charge in [0.1, 0.15) is 0 Å². The number of fused-ring (bicyclic) bond motifs is 1. The number of rotatable bonds is 6. The lowest BCUT2D eigenvalue weighted by Gasteiger charge is -2.32. The van der Waals surface area contributed by atoms with Crippen LogP contribution in [0.25, 0.3) is 0 Å². The molecule has 1 fully saturated rings. The molecule has 4 rings (SSSR count). The van der Waals surface area contributed by atoms with Gasteiger partial charge in [-0.05, 0) is 44.0 Å². The van der Waals surface area contributed by atoms with Crippen molar-refractivity contribution >= 4 is 5.91 Å². The highest BCUT2D eigenvalue weighted by Crippen LogP contribution is 2.27. The fraction of sp³-hybridized carbons (Fsp3) is 0.478. The van der Waals surface area contributed by atoms with Crippen molar-refractivity contribution in [3.63, 3.8) is 0 Å². The second-order valence-corrected chi connectivity index (χ2v) is 8.53. The first-order valence-electron chi connectivity index (χ1n) is 10.9. The highest BCUT2D eigenvalue weighted by Gasteiger charge is 2.31. The van der Waals surface area contributed by atoms with Crippen LogP contribution < -0.4 is 5.32 Å². The Morgan fingerprint density at radius 2 is 1.91 bits per heavy atom. The summed E-state index contributed by atoms with van der Waals surface area (Å²) in [5.41, 5.74) is 2.79. The number of aromatic nitrogens is 2. The maximum atomic E-state index is 13.5. The van der Waals surface area contributed by atoms with Gasteiger partial charge in [-0.1, -0.05) is 6.08 Å². The molecule has 1 atom stereocenters. The van der Waals surface area contributed by atoms with E-state index in [2.05, 4.69) is 21.9 Å². The van der Waals surface area contributed by atoms with E-state index >= 15 is 0 Å². The van der Waals surface area contributed by atoms with Crippen molar-refractivity contribution in [1.29, 1.82) is 0 Å². The first kappa shape index (κ1) is 22.5. The second kappa shape index (κ2) is 9.46. The Bertz CT molecular complexity index is 990. The molecule has 1 aromatic heterocycles. The molecule has 9 heteroatoms. The molecular formula is C23H28F3N5O. The fourth-order valence-corrected chi connectivity index (χ4v) is 4.44. The van der Waals surface area contributed by atoms with Crippen LogP contribution in [0.2, 0.25) is 0 Å². The molecule has 1 aliphatic heterocycles. The summed E-state index contributed by atoms with van der Waals surface area (Å²) in [7, 11) is 2.04. The van der Waals surface area contributed by atoms with Crippen molar-refractivity contribution in [3.05, 3.63) is 64.8 Å². The number of hydrogen-bond acceptors (Lipinski definition) is 4. The maximum Gasteiger partial charge on any atom is 0.274 e. The van der Waals surface area contributed by atoms with E-state index in [-0.39, 0.29) is 18.5 Å². The third-order valence-corrected chi connectivity index (χ3v) is 6.28. The summed E-state index contributed by atoms with van der Waals surface area (Å²) in [6.07, 6.45) is 3.88. The van der Waals surface area contributed by atoms with Gasteiger partial charge >= 0.3 is 0 Å². The molecule has 1 N–H and O–H groups in total. The largest absolute Gasteiger partial charge is 0.335 e. The summed E-state index contributed by atoms with van der Waals surface area (Å²) in [5.74, 6) is -3.91. The van der Waals surface area contributed by atoms with E-state index in [0.717, 1.165) is 49.3 Å². The minimum Gasteiger partial charge on any atom is -0.335 e. The standard InChI is InChI=1S/C23H28F3N5O/c1-3-6-31-20-5-4-16(27-14-15-11-18(24)21(26)19(25)12-15)13-17(20)22(28-31)23(32)30-9-7-29(2)8-10-30/h3,11-12,16,27H,1,4-10,13-14H2,2H3. The van der Waals surface area contributed by atoms with Gasteiger partial charge in [0.25, 0.3) is 5.91 Å². The Morgan fingerprint density at radius 1 is 1.22 bits per heavy atom. The molecule has 1 saturated heterocycles. The van der Waals surface area contributed by atoms with Gasteiger partial charge in [-0.2, -0.15) is 5.10 Å². The van der Waals surface area contributed by atoms with Gasteiger partial charge in [-0.15, -0.1) is 6.58 Å². The van der Waals surface area contributed by atoms with E-state index in [1.807, 2.05) is 16.6 Å². The molecule has 1 aromatic carbocycles. The fourth-order valence-electron chi connectivity index (χ4n) is 4.44. The van der Waals surface area contributed by atoms with E-state index in [0.29, 0.717) is 37.3 Å². The van der Waals surface area contributed by atoms with Crippen LogP contribution in [0.3, 0.4) is 0 Å². The number of halogens is 3. The van der Waals surface area contributed by atoms with E-state index in [1.165, 1.54) is 0 Å². The molecule has 2 aliphatic rings. The zero-order chi connectivity index (χ0) is 22.8. The zero-order valence-corrected chi connectivity index (χ0v) is 18.2. The molecule has 0 bridgehead atoms. The van der Waals surface area contributed by atoms with Crippen LogP contribution in [0.5, 0.6) is 0 Å². The van der Waals surface area contributed by atoms with Crippen molar-refractivity contribution < 1.29 is 18.0 Å². The van der Waals surface area contributed by atoms with Gasteiger partial charge in [0, 0.05) is 50.0 Å². The van der Waals surface area contributed by atoms with Crippen LogP contribution in [-0.2, 0) is 25.9 Å². The Kier molecular flexibility index (Phi) is 6.66. The smallest absolute Gasteiger partial charge is 0.274 e. The number of carbonyl (C=O) groups is 1. The highest BCUT2D eigenvalue weighted by atomic mass is 19.2. The number of hydrogen-bond donors (Lipinski definition) is 1. The number of carbonyl (C=O) groups excluding carboxylic acids is 1. The molecule has 1 unspecified atom stereocenters. The summed E-state index contributed by atoms with van der Waals surface area (Å²) in [5, 5.41) is 7.93. The molecule has 2 aromatic rings. The number of allylic oxidation sites excluding steroid dienone is 1. The Labute approximate surface area is 185 Å². The lowest BCUT2D eigenvalue weighted by Crippen LogP contribution is -2.47. The molecule has 1 amide bonds. The minimum atomic E-state index is -1.46. The number of nitrogens with zero attached hydrogens (tertiary/aromatic N) is 4. The molecule has 2 heterocycles. The Balaban J connectivity index is 1.51. The summed E-state index contributed by atoms with van der Waals surface area (Å²) in [6.45, 7) is 7.53. The van der Waals surface area contributed by atoms with E-state index in [1.54, 1.807) is 6.08 Å². The monoisotopic (exact) mass is 447 g/mol. The van der Waals surface area contributed by atoms with E-state index < -0.39 is 17.5 Å². The molecule has 1 aliphatic carbocycles. The van der Waals surface area contributed by atoms with Gasteiger partial charge < -0.3 is 15.1 Å². The molecule has 0 radical (unpaired) electrons. The topological polar surface area (TPSA) is 53.4 Å². The van der Waals surface area contributed by atoms with Crippen LogP contribution in [0.1, 0.15) is 33.7 Å². The molecule has 172 valence electrons. The summed E-state index contributed by atoms with van der Waals surface area (Å²) < 4.78 is 42.1. The Hall–Kier alpha value is -2.65. The second-order valence-electron chi connectivity index (χ2n) is 8.53. The zero-order valence-electron chi connectivity index (χ0n) is 18.2. The number of benzene rings is 1. The number of likely N-dealkylation sites (N-methyl/N-ethyl adjacent to an activating group) is 1. The SMILES string of the molecule is C=CCn1nc(C(=O)N2CCN(C)CC2)c2c1CCC(NCc1cc(F)c(F)c(F)c1)C2. The summed E-state index contributed by atoms with van der Waals surface area (Å²) in [6, 6.07) is 2.02. The van der Waals surface area contributed by atoms with Gasteiger partial charge in [-0.25, -0.2) is 13.2 Å². The first-order chi connectivity index (χ1) is 15.4. The molecular weight excluding hydrogens is 419 g/mol. The van der Waals surface area contributed by atoms with E-state index in [9.17, 15) is 18.0 Å². The van der Waals surface area contributed by atoms with Gasteiger partial charge in [0.2, 0.25) is 0 Å². The highest BCUT2D eigenvalue weighted by molar-refractivity contribution is 5.94. The number of piperazine rings is 1. The normalized spacial score (nSPS) is 19.1. The van der Waals surface area contributed by atoms with Crippen LogP contribution in [0, 0.1) is 17.5 Å². The third kappa shape index (κ3) is 4.59. The molecule has 0 saturated carbocycles. The third-order valence-electron chi connectivity index (χ3n) is 6.28. The van der Waals surface area contributed by atoms with Crippen molar-refractivity contribution in [2.24, 2.45) is 0 Å². The average Bonchev–Trinajstić information content (AvgIpc) is 3.14. The summed E-state index contributed by atoms with van der Waals surface area (Å²) in [4.78, 5) is 17.3. The van der Waals surface area contributed by atoms with Crippen LogP contribution in [-0.4, -0.2) is 64.8 Å². The number of amides is 1. The number of nitrogens with one attached hydrogen (secondary N) is 1. The van der Waals surface area contributed by atoms with Gasteiger partial charge in [-0.3, -0.25) is 9.48 Å². The van der Waals surface area contributed by atoms with Crippen LogP contribution >= 0.6 is 0 Å². The minimum absolute atomic E-state index is 0.0131. The molecule has 0 spiro atoms. The van der Waals surface area contributed by atoms with Crippen LogP contribution in [0.15, 0.2) is 24.8 Å². The lowest BCUT2D eigenvalue weighted by atomic mass is 9.90. The predicted octanol–water partition coefficient (Wildman–Crippen LogP) is 2.52. The van der Waals surface area contributed by atoms with Crippen molar-refractivity contribution in [2.75, 3.05) is 33.2 Å². The van der Waals surface area contributed by atoms with Crippen LogP contribution in [0.4, 0.5) is 13.2 Å². The van der Waals surface area contributed by atoms with Gasteiger partial charge in [0.15, 0.2) is 23.1 Å². The lowest BCUT2D eigenvalue weighted by molar-refractivity contribution is 0.0656. The predicted molar refractivity (Wildman–Crippen MR) is 115 cm³/mol. The van der Waals surface area contributed by atoms with Crippen molar-refractivity contribution in [3.8, 4) is 0 Å². The van der Waals surface area contributed by atoms with Crippen molar-refractivity contribution in [2.45, 2.75) is 38.4 Å². The average molecular weight is 448 g/mol. The molecule has 6 nitrogen and oxygen atoms in total. The van der Waals surface area contributed by atoms with Crippen molar-refractivity contribution in [1.82, 2.24) is 24.9 Å². The first-order valence-corrected chi connectivity index (χ1v) is 10.9. The summed E-state index contributed by atoms with van der Waals surface area (Å²) >= 11 is 0.